The molecule has 2 heterocycles. The Kier molecular flexibility index (Phi) is 4.13. The van der Waals surface area contributed by atoms with Gasteiger partial charge in [-0.25, -0.2) is 9.97 Å². The summed E-state index contributed by atoms with van der Waals surface area (Å²) in [5.74, 6) is 2.40. The smallest absolute Gasteiger partial charge is 0.137 e. The zero-order valence-electron chi connectivity index (χ0n) is 12.0. The number of nitrogens with zero attached hydrogens (tertiary/aromatic N) is 3. The number of anilines is 1. The van der Waals surface area contributed by atoms with Gasteiger partial charge in [0, 0.05) is 30.7 Å². The largest absolute Gasteiger partial charge is 0.396 e. The molecule has 1 N–H and O–H groups in total. The van der Waals surface area contributed by atoms with E-state index < -0.39 is 0 Å². The van der Waals surface area contributed by atoms with E-state index in [0.29, 0.717) is 17.1 Å². The normalized spacial score (nSPS) is 23.1. The minimum atomic E-state index is 0.231. The van der Waals surface area contributed by atoms with Crippen molar-refractivity contribution in [2.75, 3.05) is 18.1 Å². The molecule has 5 heteroatoms. The van der Waals surface area contributed by atoms with Gasteiger partial charge in [-0.1, -0.05) is 11.6 Å². The molecular weight excluding hydrogens is 274 g/mol. The quantitative estimate of drug-likeness (QED) is 0.867. The molecule has 0 amide bonds. The summed E-state index contributed by atoms with van der Waals surface area (Å²) in [7, 11) is 0. The molecule has 1 aromatic rings. The molecule has 1 aliphatic carbocycles. The number of hydrogen-bond acceptors (Lipinski definition) is 4. The summed E-state index contributed by atoms with van der Waals surface area (Å²) < 4.78 is 0. The summed E-state index contributed by atoms with van der Waals surface area (Å²) in [5.41, 5.74) is 0.973. The molecule has 1 aromatic heterocycles. The second kappa shape index (κ2) is 5.86. The van der Waals surface area contributed by atoms with Gasteiger partial charge >= 0.3 is 0 Å². The number of piperidine rings is 1. The number of aliphatic hydroxyl groups excluding tert-OH is 1. The van der Waals surface area contributed by atoms with Gasteiger partial charge in [0.05, 0.1) is 0 Å². The van der Waals surface area contributed by atoms with Gasteiger partial charge in [0.25, 0.3) is 0 Å². The average Bonchev–Trinajstić information content (AvgIpc) is 3.27. The molecule has 20 heavy (non-hydrogen) atoms. The summed E-state index contributed by atoms with van der Waals surface area (Å²) in [4.78, 5) is 11.6. The van der Waals surface area contributed by atoms with Crippen molar-refractivity contribution in [1.82, 2.24) is 9.97 Å². The molecular formula is C15H22ClN3O. The van der Waals surface area contributed by atoms with Crippen molar-refractivity contribution in [1.29, 1.82) is 0 Å². The molecule has 1 unspecified atom stereocenters. The highest BCUT2D eigenvalue weighted by Gasteiger charge is 2.31. The summed E-state index contributed by atoms with van der Waals surface area (Å²) in [5, 5.41) is 9.86. The highest BCUT2D eigenvalue weighted by atomic mass is 35.5. The Balaban J connectivity index is 1.93. The molecule has 2 aliphatic rings. The monoisotopic (exact) mass is 295 g/mol. The van der Waals surface area contributed by atoms with E-state index in [0.717, 1.165) is 36.6 Å². The third kappa shape index (κ3) is 2.77. The van der Waals surface area contributed by atoms with Crippen LogP contribution in [0.5, 0.6) is 0 Å². The Bertz CT molecular complexity index is 488. The molecule has 0 bridgehead atoms. The average molecular weight is 296 g/mol. The lowest BCUT2D eigenvalue weighted by Crippen LogP contribution is -2.41. The molecule has 4 nitrogen and oxygen atoms in total. The Morgan fingerprint density at radius 3 is 2.75 bits per heavy atom. The maximum Gasteiger partial charge on any atom is 0.137 e. The van der Waals surface area contributed by atoms with E-state index in [9.17, 15) is 5.11 Å². The molecule has 1 saturated carbocycles. The predicted molar refractivity (Wildman–Crippen MR) is 80.4 cm³/mol. The zero-order valence-corrected chi connectivity index (χ0v) is 12.7. The summed E-state index contributed by atoms with van der Waals surface area (Å²) in [6.07, 6.45) is 6.70. The van der Waals surface area contributed by atoms with Crippen LogP contribution in [0.25, 0.3) is 0 Å². The molecule has 1 saturated heterocycles. The van der Waals surface area contributed by atoms with Crippen LogP contribution in [0, 0.1) is 6.92 Å². The fourth-order valence-electron chi connectivity index (χ4n) is 3.03. The molecule has 1 aliphatic heterocycles. The first-order valence-electron chi connectivity index (χ1n) is 7.62. The van der Waals surface area contributed by atoms with Crippen molar-refractivity contribution in [3.05, 3.63) is 16.5 Å². The van der Waals surface area contributed by atoms with Crippen LogP contribution in [0.4, 0.5) is 5.82 Å². The molecule has 0 aromatic carbocycles. The van der Waals surface area contributed by atoms with Gasteiger partial charge in [-0.2, -0.15) is 0 Å². The van der Waals surface area contributed by atoms with E-state index in [-0.39, 0.29) is 6.61 Å². The molecule has 2 fully saturated rings. The first-order chi connectivity index (χ1) is 9.70. The third-order valence-corrected chi connectivity index (χ3v) is 4.75. The van der Waals surface area contributed by atoms with Crippen molar-refractivity contribution in [3.8, 4) is 0 Å². The number of aliphatic hydroxyl groups is 1. The number of halogens is 1. The predicted octanol–water partition coefficient (Wildman–Crippen LogP) is 3.06. The SMILES string of the molecule is Cc1c(Cl)nc(C2CC2)nc1N1CCCCC1CCO. The van der Waals surface area contributed by atoms with Crippen LogP contribution in [-0.4, -0.2) is 34.3 Å². The van der Waals surface area contributed by atoms with Gasteiger partial charge in [-0.05, 0) is 45.4 Å². The molecule has 0 radical (unpaired) electrons. The van der Waals surface area contributed by atoms with Crippen LogP contribution >= 0.6 is 11.6 Å². The first-order valence-corrected chi connectivity index (χ1v) is 8.00. The second-order valence-corrected chi connectivity index (χ2v) is 6.31. The lowest BCUT2D eigenvalue weighted by molar-refractivity contribution is 0.262. The molecule has 3 rings (SSSR count). The maximum atomic E-state index is 9.27. The van der Waals surface area contributed by atoms with Gasteiger partial charge in [0.15, 0.2) is 0 Å². The third-order valence-electron chi connectivity index (χ3n) is 4.38. The molecule has 1 atom stereocenters. The fourth-order valence-corrected chi connectivity index (χ4v) is 3.20. The molecule has 110 valence electrons. The number of aromatic nitrogens is 2. The summed E-state index contributed by atoms with van der Waals surface area (Å²) >= 11 is 6.31. The molecule has 0 spiro atoms. The lowest BCUT2D eigenvalue weighted by Gasteiger charge is -2.37. The van der Waals surface area contributed by atoms with E-state index in [1.54, 1.807) is 0 Å². The van der Waals surface area contributed by atoms with Gasteiger partial charge < -0.3 is 10.0 Å². The summed E-state index contributed by atoms with van der Waals surface area (Å²) in [6.45, 7) is 3.23. The number of rotatable bonds is 4. The van der Waals surface area contributed by atoms with Crippen LogP contribution in [0.2, 0.25) is 5.15 Å². The van der Waals surface area contributed by atoms with Crippen molar-refractivity contribution in [2.24, 2.45) is 0 Å². The zero-order chi connectivity index (χ0) is 14.1. The van der Waals surface area contributed by atoms with Crippen LogP contribution in [0.15, 0.2) is 0 Å². The minimum absolute atomic E-state index is 0.231. The summed E-state index contributed by atoms with van der Waals surface area (Å²) in [6, 6.07) is 0.380. The second-order valence-electron chi connectivity index (χ2n) is 5.95. The van der Waals surface area contributed by atoms with Gasteiger partial charge in [0.1, 0.15) is 16.8 Å². The van der Waals surface area contributed by atoms with Crippen LogP contribution < -0.4 is 4.90 Å². The highest BCUT2D eigenvalue weighted by Crippen LogP contribution is 2.40. The van der Waals surface area contributed by atoms with E-state index in [1.165, 1.54) is 25.7 Å². The first kappa shape index (κ1) is 14.1. The minimum Gasteiger partial charge on any atom is -0.396 e. The Labute approximate surface area is 125 Å². The van der Waals surface area contributed by atoms with Crippen molar-refractivity contribution < 1.29 is 5.11 Å². The van der Waals surface area contributed by atoms with Gasteiger partial charge in [-0.15, -0.1) is 0 Å². The van der Waals surface area contributed by atoms with Crippen LogP contribution in [0.1, 0.15) is 55.8 Å². The highest BCUT2D eigenvalue weighted by molar-refractivity contribution is 6.30. The fraction of sp³-hybridized carbons (Fsp3) is 0.733. The standard InChI is InChI=1S/C15H22ClN3O/c1-10-13(16)17-14(11-5-6-11)18-15(10)19-8-3-2-4-12(19)7-9-20/h11-12,20H,2-9H2,1H3. The van der Waals surface area contributed by atoms with Gasteiger partial charge in [-0.3, -0.25) is 0 Å². The van der Waals surface area contributed by atoms with Crippen LogP contribution in [0.3, 0.4) is 0 Å². The maximum absolute atomic E-state index is 9.27. The van der Waals surface area contributed by atoms with E-state index >= 15 is 0 Å². The van der Waals surface area contributed by atoms with Crippen LogP contribution in [-0.2, 0) is 0 Å². The van der Waals surface area contributed by atoms with Crippen molar-refractivity contribution in [2.45, 2.75) is 57.4 Å². The van der Waals surface area contributed by atoms with E-state index in [2.05, 4.69) is 9.88 Å². The number of hydrogen-bond donors (Lipinski definition) is 1. The van der Waals surface area contributed by atoms with E-state index in [1.807, 2.05) is 6.92 Å². The Morgan fingerprint density at radius 1 is 1.25 bits per heavy atom. The van der Waals surface area contributed by atoms with Gasteiger partial charge in [0.2, 0.25) is 0 Å². The Morgan fingerprint density at radius 2 is 2.05 bits per heavy atom. The Hall–Kier alpha value is -0.870. The van der Waals surface area contributed by atoms with Crippen molar-refractivity contribution in [3.63, 3.8) is 0 Å². The van der Waals surface area contributed by atoms with Crippen molar-refractivity contribution >= 4 is 17.4 Å². The van der Waals surface area contributed by atoms with E-state index in [4.69, 9.17) is 16.6 Å². The topological polar surface area (TPSA) is 49.2 Å². The lowest BCUT2D eigenvalue weighted by atomic mass is 9.99.